The van der Waals surface area contributed by atoms with Crippen molar-refractivity contribution in [1.82, 2.24) is 10.5 Å². The van der Waals surface area contributed by atoms with Crippen LogP contribution in [0.3, 0.4) is 0 Å². The Kier molecular flexibility index (Phi) is 4.31. The minimum atomic E-state index is -0.523. The Morgan fingerprint density at radius 2 is 2.15 bits per heavy atom. The van der Waals surface area contributed by atoms with Gasteiger partial charge in [-0.05, 0) is 48.9 Å². The molecule has 1 unspecified atom stereocenters. The molecule has 2 aliphatic rings. The lowest BCUT2D eigenvalue weighted by Gasteiger charge is -2.33. The van der Waals surface area contributed by atoms with E-state index in [0.29, 0.717) is 30.0 Å². The average Bonchev–Trinajstić information content (AvgIpc) is 3.02. The minimum Gasteiger partial charge on any atom is -0.494 e. The number of hydrogen-bond acceptors (Lipinski definition) is 5. The first-order chi connectivity index (χ1) is 13.1. The summed E-state index contributed by atoms with van der Waals surface area (Å²) in [7, 11) is 1.59. The van der Waals surface area contributed by atoms with Gasteiger partial charge in [0.1, 0.15) is 11.4 Å². The standard InChI is InChI=1S/C20H21N3O4/c1-27-17-5-8-21-12-16(17)23-9-7-20(19(23)25)6-4-13-10-14(18(24)22-26)2-3-15(13)11-20/h2-3,5,8,10,12,26H,4,6-7,9,11H2,1H3,(H,22,24). The molecule has 2 heterocycles. The van der Waals surface area contributed by atoms with E-state index in [-0.39, 0.29) is 5.91 Å². The molecule has 7 nitrogen and oxygen atoms in total. The Morgan fingerprint density at radius 1 is 1.30 bits per heavy atom. The summed E-state index contributed by atoms with van der Waals surface area (Å²) in [4.78, 5) is 30.9. The fraction of sp³-hybridized carbons (Fsp3) is 0.350. The zero-order valence-electron chi connectivity index (χ0n) is 15.1. The van der Waals surface area contributed by atoms with Crippen molar-refractivity contribution in [3.05, 3.63) is 53.3 Å². The van der Waals surface area contributed by atoms with E-state index in [4.69, 9.17) is 9.94 Å². The maximum atomic E-state index is 13.3. The Balaban J connectivity index is 1.61. The summed E-state index contributed by atoms with van der Waals surface area (Å²) in [5.74, 6) is 0.229. The number of aromatic nitrogens is 1. The van der Waals surface area contributed by atoms with E-state index < -0.39 is 11.3 Å². The van der Waals surface area contributed by atoms with Crippen molar-refractivity contribution in [2.45, 2.75) is 25.7 Å². The first-order valence-corrected chi connectivity index (χ1v) is 8.94. The van der Waals surface area contributed by atoms with Crippen LogP contribution in [0, 0.1) is 5.41 Å². The van der Waals surface area contributed by atoms with Gasteiger partial charge >= 0.3 is 0 Å². The molecule has 1 fully saturated rings. The average molecular weight is 367 g/mol. The number of anilines is 1. The molecule has 1 aliphatic heterocycles. The predicted octanol–water partition coefficient (Wildman–Crippen LogP) is 2.12. The third kappa shape index (κ3) is 2.84. The van der Waals surface area contributed by atoms with Crippen LogP contribution >= 0.6 is 0 Å². The summed E-state index contributed by atoms with van der Waals surface area (Å²) in [5, 5.41) is 8.81. The topological polar surface area (TPSA) is 91.8 Å². The van der Waals surface area contributed by atoms with Gasteiger partial charge in [0, 0.05) is 24.4 Å². The van der Waals surface area contributed by atoms with E-state index in [1.165, 1.54) is 0 Å². The van der Waals surface area contributed by atoms with Crippen LogP contribution in [0.4, 0.5) is 5.69 Å². The molecule has 2 amide bonds. The van der Waals surface area contributed by atoms with E-state index in [1.807, 2.05) is 6.07 Å². The maximum Gasteiger partial charge on any atom is 0.274 e. The molecule has 1 aromatic carbocycles. The van der Waals surface area contributed by atoms with Crippen LogP contribution in [-0.2, 0) is 17.6 Å². The van der Waals surface area contributed by atoms with Crippen LogP contribution in [0.15, 0.2) is 36.7 Å². The second-order valence-electron chi connectivity index (χ2n) is 7.14. The number of methoxy groups -OCH3 is 1. The van der Waals surface area contributed by atoms with Crippen LogP contribution in [0.2, 0.25) is 0 Å². The summed E-state index contributed by atoms with van der Waals surface area (Å²) in [5.41, 5.74) is 4.52. The lowest BCUT2D eigenvalue weighted by atomic mass is 9.70. The highest BCUT2D eigenvalue weighted by atomic mass is 16.5. The van der Waals surface area contributed by atoms with Crippen LogP contribution < -0.4 is 15.1 Å². The molecule has 2 N–H and O–H groups in total. The lowest BCUT2D eigenvalue weighted by Crippen LogP contribution is -2.39. The largest absolute Gasteiger partial charge is 0.494 e. The lowest BCUT2D eigenvalue weighted by molar-refractivity contribution is -0.126. The van der Waals surface area contributed by atoms with Gasteiger partial charge in [-0.15, -0.1) is 0 Å². The van der Waals surface area contributed by atoms with Crippen LogP contribution in [0.1, 0.15) is 34.3 Å². The van der Waals surface area contributed by atoms with E-state index >= 15 is 0 Å². The number of nitrogens with zero attached hydrogens (tertiary/aromatic N) is 2. The second-order valence-corrected chi connectivity index (χ2v) is 7.14. The summed E-state index contributed by atoms with van der Waals surface area (Å²) < 4.78 is 5.39. The number of benzene rings is 1. The first kappa shape index (κ1) is 17.5. The second kappa shape index (κ2) is 6.66. The number of carbonyl (C=O) groups is 2. The number of fused-ring (bicyclic) bond motifs is 1. The highest BCUT2D eigenvalue weighted by molar-refractivity contribution is 6.01. The van der Waals surface area contributed by atoms with Gasteiger partial charge < -0.3 is 9.64 Å². The number of hydroxylamine groups is 1. The van der Waals surface area contributed by atoms with Gasteiger partial charge in [0.2, 0.25) is 5.91 Å². The fourth-order valence-electron chi connectivity index (χ4n) is 4.26. The van der Waals surface area contributed by atoms with E-state index in [0.717, 1.165) is 30.4 Å². The SMILES string of the molecule is COc1ccncc1N1CCC2(CCc3cc(C(=O)NO)ccc3C2)C1=O. The summed E-state index contributed by atoms with van der Waals surface area (Å²) >= 11 is 0. The predicted molar refractivity (Wildman–Crippen MR) is 97.9 cm³/mol. The summed E-state index contributed by atoms with van der Waals surface area (Å²) in [6, 6.07) is 7.14. The highest BCUT2D eigenvalue weighted by Gasteiger charge is 2.49. The van der Waals surface area contributed by atoms with Gasteiger partial charge in [0.15, 0.2) is 0 Å². The molecule has 1 aromatic heterocycles. The van der Waals surface area contributed by atoms with Gasteiger partial charge in [-0.3, -0.25) is 19.8 Å². The third-order valence-electron chi connectivity index (χ3n) is 5.76. The number of nitrogens with one attached hydrogen (secondary N) is 1. The van der Waals surface area contributed by atoms with Gasteiger partial charge in [-0.2, -0.15) is 0 Å². The summed E-state index contributed by atoms with van der Waals surface area (Å²) in [6.07, 6.45) is 6.22. The molecule has 1 atom stereocenters. The number of ether oxygens (including phenoxy) is 1. The molecule has 2 aromatic rings. The molecule has 0 saturated carbocycles. The molecule has 0 bridgehead atoms. The van der Waals surface area contributed by atoms with Crippen molar-refractivity contribution < 1.29 is 19.5 Å². The molecule has 1 aliphatic carbocycles. The Labute approximate surface area is 156 Å². The van der Waals surface area contributed by atoms with Crippen molar-refractivity contribution >= 4 is 17.5 Å². The molecule has 4 rings (SSSR count). The maximum absolute atomic E-state index is 13.3. The third-order valence-corrected chi connectivity index (χ3v) is 5.76. The van der Waals surface area contributed by atoms with Crippen LogP contribution in [-0.4, -0.2) is 35.7 Å². The number of hydrogen-bond donors (Lipinski definition) is 2. The summed E-state index contributed by atoms with van der Waals surface area (Å²) in [6.45, 7) is 0.640. The Hall–Kier alpha value is -2.93. The van der Waals surface area contributed by atoms with Crippen molar-refractivity contribution in [2.24, 2.45) is 5.41 Å². The molecule has 140 valence electrons. The highest BCUT2D eigenvalue weighted by Crippen LogP contribution is 2.46. The first-order valence-electron chi connectivity index (χ1n) is 8.94. The monoisotopic (exact) mass is 367 g/mol. The number of pyridine rings is 1. The smallest absolute Gasteiger partial charge is 0.274 e. The number of rotatable bonds is 3. The van der Waals surface area contributed by atoms with Crippen molar-refractivity contribution in [1.29, 1.82) is 0 Å². The molecule has 1 spiro atoms. The fourth-order valence-corrected chi connectivity index (χ4v) is 4.26. The van der Waals surface area contributed by atoms with Crippen LogP contribution in [0.5, 0.6) is 5.75 Å². The molecule has 0 radical (unpaired) electrons. The van der Waals surface area contributed by atoms with Gasteiger partial charge in [0.25, 0.3) is 5.91 Å². The van der Waals surface area contributed by atoms with Gasteiger partial charge in [-0.25, -0.2) is 5.48 Å². The van der Waals surface area contributed by atoms with Crippen molar-refractivity contribution in [3.63, 3.8) is 0 Å². The van der Waals surface area contributed by atoms with Crippen LogP contribution in [0.25, 0.3) is 0 Å². The number of carbonyl (C=O) groups excluding carboxylic acids is 2. The molecule has 1 saturated heterocycles. The normalized spacial score (nSPS) is 21.3. The number of aryl methyl sites for hydroxylation is 1. The quantitative estimate of drug-likeness (QED) is 0.640. The molecular weight excluding hydrogens is 346 g/mol. The zero-order valence-corrected chi connectivity index (χ0v) is 15.1. The van der Waals surface area contributed by atoms with Crippen molar-refractivity contribution in [2.75, 3.05) is 18.6 Å². The minimum absolute atomic E-state index is 0.108. The van der Waals surface area contributed by atoms with Crippen molar-refractivity contribution in [3.8, 4) is 5.75 Å². The molecular formula is C20H21N3O4. The molecule has 27 heavy (non-hydrogen) atoms. The zero-order chi connectivity index (χ0) is 19.0. The van der Waals surface area contributed by atoms with E-state index in [1.54, 1.807) is 48.1 Å². The van der Waals surface area contributed by atoms with E-state index in [2.05, 4.69) is 4.98 Å². The Morgan fingerprint density at radius 3 is 2.93 bits per heavy atom. The molecule has 7 heteroatoms. The van der Waals surface area contributed by atoms with Gasteiger partial charge in [-0.1, -0.05) is 6.07 Å². The van der Waals surface area contributed by atoms with Gasteiger partial charge in [0.05, 0.1) is 18.7 Å². The number of amides is 2. The Bertz CT molecular complexity index is 914. The van der Waals surface area contributed by atoms with E-state index in [9.17, 15) is 9.59 Å².